The van der Waals surface area contributed by atoms with Gasteiger partial charge in [0, 0.05) is 17.5 Å². The summed E-state index contributed by atoms with van der Waals surface area (Å²) in [4.78, 5) is 14.3. The van der Waals surface area contributed by atoms with Gasteiger partial charge in [0.05, 0.1) is 55.3 Å². The van der Waals surface area contributed by atoms with E-state index in [0.29, 0.717) is 28.4 Å². The van der Waals surface area contributed by atoms with Crippen LogP contribution in [-0.2, 0) is 0 Å². The van der Waals surface area contributed by atoms with Gasteiger partial charge < -0.3 is 52.9 Å². The van der Waals surface area contributed by atoms with E-state index in [9.17, 15) is 20.1 Å². The molecule has 45 heavy (non-hydrogen) atoms. The molecule has 1 aromatic heterocycles. The molecule has 0 radical (unpaired) electrons. The Balaban J connectivity index is 2.00. The molecule has 12 heteroatoms. The average molecular weight is 621 g/mol. The lowest BCUT2D eigenvalue weighted by atomic mass is 9.82. The molecule has 12 nitrogen and oxygen atoms in total. The standard InChI is InChI=1S/C33H32O12/c1-38-17-14-19(40-3)18(39-2)13-16(17)20(15-11-9-8-10-12-15)21-24(34)22-25(35)23-27(37)31(42-5)33(44-7)32(43-6)29(23)45-28(22)30(41-4)26(21)36/h8-14,20,34,36-37H,1-7H3. The Kier molecular flexibility index (Phi) is 8.32. The maximum absolute atomic E-state index is 14.3. The molecule has 1 heterocycles. The number of rotatable bonds is 10. The van der Waals surface area contributed by atoms with Gasteiger partial charge in [0.2, 0.25) is 28.4 Å². The SMILES string of the molecule is COc1cc(OC)c(C(c2ccccc2)c2c(O)c(OC)c3oc4c(OC)c(OC)c(OC)c(O)c4c(=O)c3c2O)cc1OC. The third-order valence-corrected chi connectivity index (χ3v) is 7.64. The van der Waals surface area contributed by atoms with Crippen molar-refractivity contribution in [2.75, 3.05) is 49.8 Å². The van der Waals surface area contributed by atoms with Gasteiger partial charge >= 0.3 is 0 Å². The number of hydrogen-bond donors (Lipinski definition) is 3. The molecule has 0 aliphatic heterocycles. The third-order valence-electron chi connectivity index (χ3n) is 7.64. The second-order valence-corrected chi connectivity index (χ2v) is 9.72. The van der Waals surface area contributed by atoms with Gasteiger partial charge in [-0.1, -0.05) is 30.3 Å². The van der Waals surface area contributed by atoms with E-state index in [4.69, 9.17) is 37.6 Å². The summed E-state index contributed by atoms with van der Waals surface area (Å²) in [6.07, 6.45) is 0. The first-order valence-electron chi connectivity index (χ1n) is 13.5. The summed E-state index contributed by atoms with van der Waals surface area (Å²) in [5, 5.41) is 34.2. The van der Waals surface area contributed by atoms with Crippen LogP contribution in [0.2, 0.25) is 0 Å². The van der Waals surface area contributed by atoms with Gasteiger partial charge in [0.15, 0.2) is 34.2 Å². The Morgan fingerprint density at radius 2 is 1.11 bits per heavy atom. The molecule has 0 amide bonds. The highest BCUT2D eigenvalue weighted by Crippen LogP contribution is 2.55. The fourth-order valence-corrected chi connectivity index (χ4v) is 5.64. The number of ether oxygens (including phenoxy) is 7. The number of phenols is 3. The Morgan fingerprint density at radius 1 is 0.578 bits per heavy atom. The third kappa shape index (κ3) is 4.65. The van der Waals surface area contributed by atoms with Gasteiger partial charge in [0.1, 0.15) is 22.3 Å². The van der Waals surface area contributed by atoms with Gasteiger partial charge in [-0.05, 0) is 11.6 Å². The molecule has 4 aromatic carbocycles. The zero-order chi connectivity index (χ0) is 32.6. The number of fused-ring (bicyclic) bond motifs is 2. The monoisotopic (exact) mass is 620 g/mol. The topological polar surface area (TPSA) is 156 Å². The molecule has 5 aromatic rings. The number of phenolic OH excluding ortho intramolecular Hbond substituents is 3. The molecule has 0 aliphatic carbocycles. The summed E-state index contributed by atoms with van der Waals surface area (Å²) in [5.41, 5.74) is -0.424. The summed E-state index contributed by atoms with van der Waals surface area (Å²) in [6.45, 7) is 0. The van der Waals surface area contributed by atoms with Crippen molar-refractivity contribution in [3.05, 3.63) is 69.4 Å². The van der Waals surface area contributed by atoms with Crippen molar-refractivity contribution in [2.45, 2.75) is 5.92 Å². The van der Waals surface area contributed by atoms with Crippen LogP contribution in [0, 0.1) is 0 Å². The summed E-state index contributed by atoms with van der Waals surface area (Å²) in [7, 11) is 9.61. The Labute approximate surface area is 257 Å². The van der Waals surface area contributed by atoms with Crippen LogP contribution in [0.15, 0.2) is 51.7 Å². The fourth-order valence-electron chi connectivity index (χ4n) is 5.64. The molecule has 5 rings (SSSR count). The van der Waals surface area contributed by atoms with Crippen LogP contribution in [0.4, 0.5) is 0 Å². The number of benzene rings is 4. The first-order chi connectivity index (χ1) is 21.7. The highest BCUT2D eigenvalue weighted by Gasteiger charge is 2.35. The molecule has 236 valence electrons. The van der Waals surface area contributed by atoms with Crippen LogP contribution in [0.1, 0.15) is 22.6 Å². The molecule has 0 saturated carbocycles. The van der Waals surface area contributed by atoms with E-state index in [1.807, 2.05) is 6.07 Å². The fraction of sp³-hybridized carbons (Fsp3) is 0.242. The average Bonchev–Trinajstić information content (AvgIpc) is 3.06. The first kappa shape index (κ1) is 30.8. The normalized spacial score (nSPS) is 11.7. The molecule has 0 aliphatic rings. The van der Waals surface area contributed by atoms with E-state index < -0.39 is 28.6 Å². The van der Waals surface area contributed by atoms with E-state index in [-0.39, 0.29) is 50.5 Å². The van der Waals surface area contributed by atoms with Crippen LogP contribution in [0.5, 0.6) is 57.5 Å². The minimum Gasteiger partial charge on any atom is -0.507 e. The van der Waals surface area contributed by atoms with Crippen LogP contribution < -0.4 is 38.6 Å². The van der Waals surface area contributed by atoms with Gasteiger partial charge in [-0.2, -0.15) is 0 Å². The van der Waals surface area contributed by atoms with Crippen molar-refractivity contribution >= 4 is 21.9 Å². The largest absolute Gasteiger partial charge is 0.507 e. The van der Waals surface area contributed by atoms with Crippen molar-refractivity contribution in [1.29, 1.82) is 0 Å². The number of methoxy groups -OCH3 is 7. The van der Waals surface area contributed by atoms with Crippen molar-refractivity contribution in [2.24, 2.45) is 0 Å². The zero-order valence-electron chi connectivity index (χ0n) is 25.6. The van der Waals surface area contributed by atoms with Crippen molar-refractivity contribution < 1.29 is 52.9 Å². The summed E-state index contributed by atoms with van der Waals surface area (Å²) < 4.78 is 44.6. The quantitative estimate of drug-likeness (QED) is 0.137. The number of hydrogen-bond acceptors (Lipinski definition) is 12. The maximum Gasteiger partial charge on any atom is 0.211 e. The van der Waals surface area contributed by atoms with Crippen molar-refractivity contribution in [3.8, 4) is 57.5 Å². The van der Waals surface area contributed by atoms with E-state index in [1.54, 1.807) is 36.4 Å². The van der Waals surface area contributed by atoms with Crippen molar-refractivity contribution in [3.63, 3.8) is 0 Å². The predicted octanol–water partition coefficient (Wildman–Crippen LogP) is 5.30. The summed E-state index contributed by atoms with van der Waals surface area (Å²) >= 11 is 0. The van der Waals surface area contributed by atoms with Crippen LogP contribution in [0.3, 0.4) is 0 Å². The minimum atomic E-state index is -0.956. The van der Waals surface area contributed by atoms with Gasteiger partial charge in [-0.25, -0.2) is 0 Å². The Hall–Kier alpha value is -5.65. The second kappa shape index (κ2) is 12.2. The van der Waals surface area contributed by atoms with Crippen LogP contribution in [0.25, 0.3) is 21.9 Å². The van der Waals surface area contributed by atoms with Crippen LogP contribution in [-0.4, -0.2) is 65.1 Å². The molecule has 3 N–H and O–H groups in total. The summed E-state index contributed by atoms with van der Waals surface area (Å²) in [5.74, 6) is -2.17. The maximum atomic E-state index is 14.3. The molecule has 0 bridgehead atoms. The minimum absolute atomic E-state index is 0.0405. The highest BCUT2D eigenvalue weighted by molar-refractivity contribution is 6.04. The summed E-state index contributed by atoms with van der Waals surface area (Å²) in [6, 6.07) is 12.2. The van der Waals surface area contributed by atoms with Gasteiger partial charge in [-0.15, -0.1) is 0 Å². The molecule has 0 spiro atoms. The molecular weight excluding hydrogens is 588 g/mol. The van der Waals surface area contributed by atoms with E-state index in [2.05, 4.69) is 0 Å². The molecule has 1 atom stereocenters. The smallest absolute Gasteiger partial charge is 0.211 e. The first-order valence-corrected chi connectivity index (χ1v) is 13.5. The van der Waals surface area contributed by atoms with Crippen LogP contribution >= 0.6 is 0 Å². The van der Waals surface area contributed by atoms with Gasteiger partial charge in [-0.3, -0.25) is 4.79 Å². The predicted molar refractivity (Wildman–Crippen MR) is 165 cm³/mol. The molecule has 0 fully saturated rings. The highest BCUT2D eigenvalue weighted by atomic mass is 16.5. The zero-order valence-corrected chi connectivity index (χ0v) is 25.6. The molecule has 0 saturated heterocycles. The number of aromatic hydroxyl groups is 3. The lowest BCUT2D eigenvalue weighted by Gasteiger charge is -2.25. The molecular formula is C33H32O12. The van der Waals surface area contributed by atoms with E-state index >= 15 is 0 Å². The molecule has 1 unspecified atom stereocenters. The van der Waals surface area contributed by atoms with Crippen molar-refractivity contribution in [1.82, 2.24) is 0 Å². The van der Waals surface area contributed by atoms with E-state index in [1.165, 1.54) is 49.8 Å². The second-order valence-electron chi connectivity index (χ2n) is 9.72. The Bertz CT molecular complexity index is 1960. The van der Waals surface area contributed by atoms with Gasteiger partial charge in [0.25, 0.3) is 0 Å². The lowest BCUT2D eigenvalue weighted by Crippen LogP contribution is -2.11. The van der Waals surface area contributed by atoms with E-state index in [0.717, 1.165) is 0 Å². The Morgan fingerprint density at radius 3 is 1.67 bits per heavy atom. The lowest BCUT2D eigenvalue weighted by molar-refractivity contribution is 0.311.